The van der Waals surface area contributed by atoms with Crippen LogP contribution in [-0.4, -0.2) is 32.4 Å². The van der Waals surface area contributed by atoms with Gasteiger partial charge >= 0.3 is 0 Å². The van der Waals surface area contributed by atoms with Crippen LogP contribution in [0.1, 0.15) is 17.7 Å². The molecule has 1 aromatic rings. The summed E-state index contributed by atoms with van der Waals surface area (Å²) in [5.41, 5.74) is 0. The van der Waals surface area contributed by atoms with E-state index >= 15 is 0 Å². The molecule has 1 saturated heterocycles. The minimum absolute atomic E-state index is 0.00713. The van der Waals surface area contributed by atoms with E-state index in [4.69, 9.17) is 0 Å². The number of amides is 1. The van der Waals surface area contributed by atoms with E-state index in [1.54, 1.807) is 11.3 Å². The first kappa shape index (κ1) is 13.5. The van der Waals surface area contributed by atoms with E-state index in [9.17, 15) is 13.2 Å². The predicted molar refractivity (Wildman–Crippen MR) is 72.4 cm³/mol. The van der Waals surface area contributed by atoms with Crippen LogP contribution >= 0.6 is 11.3 Å². The lowest BCUT2D eigenvalue weighted by Crippen LogP contribution is -2.29. The second kappa shape index (κ2) is 5.84. The Labute approximate surface area is 111 Å². The second-order valence-electron chi connectivity index (χ2n) is 4.65. The van der Waals surface area contributed by atoms with E-state index < -0.39 is 9.84 Å². The lowest BCUT2D eigenvalue weighted by Gasteiger charge is -2.09. The molecule has 100 valence electrons. The zero-order valence-electron chi connectivity index (χ0n) is 10.1. The largest absolute Gasteiger partial charge is 0.356 e. The molecule has 1 unspecified atom stereocenters. The van der Waals surface area contributed by atoms with Crippen molar-refractivity contribution in [3.8, 4) is 0 Å². The van der Waals surface area contributed by atoms with Gasteiger partial charge < -0.3 is 5.32 Å². The molecule has 2 heterocycles. The van der Waals surface area contributed by atoms with Crippen LogP contribution in [0.2, 0.25) is 0 Å². The molecule has 1 aromatic heterocycles. The average molecular weight is 287 g/mol. The van der Waals surface area contributed by atoms with Gasteiger partial charge in [-0.05, 0) is 30.2 Å². The highest BCUT2D eigenvalue weighted by molar-refractivity contribution is 7.91. The number of rotatable bonds is 5. The van der Waals surface area contributed by atoms with Crippen molar-refractivity contribution in [3.05, 3.63) is 22.4 Å². The zero-order valence-corrected chi connectivity index (χ0v) is 11.7. The summed E-state index contributed by atoms with van der Waals surface area (Å²) in [6, 6.07) is 3.99. The molecule has 18 heavy (non-hydrogen) atoms. The molecule has 1 fully saturated rings. The Hall–Kier alpha value is -0.880. The van der Waals surface area contributed by atoms with Crippen molar-refractivity contribution < 1.29 is 13.2 Å². The van der Waals surface area contributed by atoms with Crippen molar-refractivity contribution in [2.24, 2.45) is 5.92 Å². The fourth-order valence-electron chi connectivity index (χ4n) is 2.07. The van der Waals surface area contributed by atoms with Gasteiger partial charge in [-0.3, -0.25) is 4.79 Å². The highest BCUT2D eigenvalue weighted by atomic mass is 32.2. The molecule has 0 radical (unpaired) electrons. The number of nitrogens with one attached hydrogen (secondary N) is 1. The Kier molecular flexibility index (Phi) is 4.40. The van der Waals surface area contributed by atoms with Gasteiger partial charge in [-0.1, -0.05) is 6.07 Å². The fraction of sp³-hybridized carbons (Fsp3) is 0.583. The van der Waals surface area contributed by atoms with Crippen LogP contribution in [0, 0.1) is 5.92 Å². The fourth-order valence-corrected chi connectivity index (χ4v) is 4.64. The van der Waals surface area contributed by atoms with E-state index in [2.05, 4.69) is 5.32 Å². The summed E-state index contributed by atoms with van der Waals surface area (Å²) < 4.78 is 22.5. The average Bonchev–Trinajstić information content (AvgIpc) is 2.93. The van der Waals surface area contributed by atoms with Gasteiger partial charge in [0.2, 0.25) is 5.91 Å². The van der Waals surface area contributed by atoms with E-state index in [1.807, 2.05) is 17.5 Å². The molecule has 1 aliphatic rings. The molecule has 0 bridgehead atoms. The number of hydrogen-bond donors (Lipinski definition) is 1. The van der Waals surface area contributed by atoms with Gasteiger partial charge in [-0.25, -0.2) is 8.42 Å². The Morgan fingerprint density at radius 2 is 2.33 bits per heavy atom. The van der Waals surface area contributed by atoms with Crippen molar-refractivity contribution >= 4 is 27.1 Å². The summed E-state index contributed by atoms with van der Waals surface area (Å²) in [5, 5.41) is 4.82. The van der Waals surface area contributed by atoms with Gasteiger partial charge in [0.25, 0.3) is 0 Å². The van der Waals surface area contributed by atoms with Crippen molar-refractivity contribution in [1.82, 2.24) is 5.32 Å². The number of carbonyl (C=O) groups excluding carboxylic acids is 1. The topological polar surface area (TPSA) is 63.2 Å². The van der Waals surface area contributed by atoms with E-state index in [-0.39, 0.29) is 23.3 Å². The van der Waals surface area contributed by atoms with Crippen LogP contribution in [0.25, 0.3) is 0 Å². The highest BCUT2D eigenvalue weighted by Crippen LogP contribution is 2.17. The third-order valence-electron chi connectivity index (χ3n) is 3.09. The van der Waals surface area contributed by atoms with Crippen molar-refractivity contribution in [2.75, 3.05) is 18.1 Å². The first-order valence-corrected chi connectivity index (χ1v) is 8.75. The summed E-state index contributed by atoms with van der Waals surface area (Å²) in [4.78, 5) is 12.8. The third-order valence-corrected chi connectivity index (χ3v) is 5.87. The van der Waals surface area contributed by atoms with Crippen LogP contribution in [0.5, 0.6) is 0 Å². The smallest absolute Gasteiger partial charge is 0.220 e. The normalized spacial score (nSPS) is 21.9. The van der Waals surface area contributed by atoms with Gasteiger partial charge in [0.05, 0.1) is 11.5 Å². The van der Waals surface area contributed by atoms with Crippen molar-refractivity contribution in [2.45, 2.75) is 19.3 Å². The molecule has 6 heteroatoms. The number of thiophene rings is 1. The maximum Gasteiger partial charge on any atom is 0.220 e. The van der Waals surface area contributed by atoms with Crippen LogP contribution < -0.4 is 5.32 Å². The van der Waals surface area contributed by atoms with Crippen molar-refractivity contribution in [1.29, 1.82) is 0 Å². The molecule has 1 aliphatic heterocycles. The number of sulfone groups is 1. The molecule has 0 saturated carbocycles. The van der Waals surface area contributed by atoms with Crippen molar-refractivity contribution in [3.63, 3.8) is 0 Å². The third kappa shape index (κ3) is 4.10. The summed E-state index contributed by atoms with van der Waals surface area (Å²) in [6.45, 7) is 0.489. The molecule has 4 nitrogen and oxygen atoms in total. The molecule has 0 spiro atoms. The SMILES string of the molecule is O=C(CCc1cccs1)NCC1CCS(=O)(=O)C1. The highest BCUT2D eigenvalue weighted by Gasteiger charge is 2.27. The summed E-state index contributed by atoms with van der Waals surface area (Å²) in [7, 11) is -2.84. The lowest BCUT2D eigenvalue weighted by atomic mass is 10.1. The van der Waals surface area contributed by atoms with Crippen LogP contribution in [-0.2, 0) is 21.1 Å². The first-order chi connectivity index (χ1) is 8.55. The molecular weight excluding hydrogens is 270 g/mol. The predicted octanol–water partition coefficient (Wildman–Crippen LogP) is 1.23. The molecule has 2 rings (SSSR count). The Bertz CT molecular complexity index is 493. The van der Waals surface area contributed by atoms with Crippen LogP contribution in [0.15, 0.2) is 17.5 Å². The minimum atomic E-state index is -2.84. The molecular formula is C12H17NO3S2. The molecule has 1 N–H and O–H groups in total. The first-order valence-electron chi connectivity index (χ1n) is 6.05. The summed E-state index contributed by atoms with van der Waals surface area (Å²) in [6.07, 6.45) is 1.90. The maximum atomic E-state index is 11.6. The van der Waals surface area contributed by atoms with Gasteiger partial charge in [0, 0.05) is 17.8 Å². The minimum Gasteiger partial charge on any atom is -0.356 e. The van der Waals surface area contributed by atoms with E-state index in [1.165, 1.54) is 4.88 Å². The molecule has 0 aliphatic carbocycles. The van der Waals surface area contributed by atoms with E-state index in [0.717, 1.165) is 6.42 Å². The Balaban J connectivity index is 1.66. The standard InChI is InChI=1S/C12H17NO3S2/c14-12(4-3-11-2-1-6-17-11)13-8-10-5-7-18(15,16)9-10/h1-2,6,10H,3-5,7-9H2,(H,13,14). The quantitative estimate of drug-likeness (QED) is 0.886. The maximum absolute atomic E-state index is 11.6. The van der Waals surface area contributed by atoms with Crippen LogP contribution in [0.4, 0.5) is 0 Å². The molecule has 0 aromatic carbocycles. The molecule has 1 atom stereocenters. The number of hydrogen-bond acceptors (Lipinski definition) is 4. The zero-order chi connectivity index (χ0) is 13.0. The Morgan fingerprint density at radius 1 is 1.50 bits per heavy atom. The number of aryl methyl sites for hydroxylation is 1. The monoisotopic (exact) mass is 287 g/mol. The Morgan fingerprint density at radius 3 is 2.94 bits per heavy atom. The molecule has 1 amide bonds. The van der Waals surface area contributed by atoms with Crippen LogP contribution in [0.3, 0.4) is 0 Å². The van der Waals surface area contributed by atoms with Gasteiger partial charge in [0.15, 0.2) is 9.84 Å². The van der Waals surface area contributed by atoms with Gasteiger partial charge in [0.1, 0.15) is 0 Å². The summed E-state index contributed by atoms with van der Waals surface area (Å²) in [5.74, 6) is 0.592. The lowest BCUT2D eigenvalue weighted by molar-refractivity contribution is -0.121. The second-order valence-corrected chi connectivity index (χ2v) is 7.91. The van der Waals surface area contributed by atoms with E-state index in [0.29, 0.717) is 19.4 Å². The van der Waals surface area contributed by atoms with Gasteiger partial charge in [-0.2, -0.15) is 0 Å². The number of carbonyl (C=O) groups is 1. The summed E-state index contributed by atoms with van der Waals surface area (Å²) >= 11 is 1.65. The van der Waals surface area contributed by atoms with Gasteiger partial charge in [-0.15, -0.1) is 11.3 Å².